The molecule has 0 saturated carbocycles. The molecule has 156 valence electrons. The average Bonchev–Trinajstić information content (AvgIpc) is 3.17. The predicted octanol–water partition coefficient (Wildman–Crippen LogP) is 3.66. The molecule has 1 N–H and O–H groups in total. The lowest BCUT2D eigenvalue weighted by molar-refractivity contribution is 0.0430. The first-order chi connectivity index (χ1) is 14.4. The number of methoxy groups -OCH3 is 2. The van der Waals surface area contributed by atoms with Gasteiger partial charge in [0.05, 0.1) is 36.1 Å². The number of amides is 1. The van der Waals surface area contributed by atoms with Crippen LogP contribution in [-0.2, 0) is 11.3 Å². The number of aromatic nitrogens is 2. The van der Waals surface area contributed by atoms with Gasteiger partial charge in [0.15, 0.2) is 23.9 Å². The van der Waals surface area contributed by atoms with E-state index in [1.165, 1.54) is 26.4 Å². The van der Waals surface area contributed by atoms with Crippen molar-refractivity contribution in [1.82, 2.24) is 10.1 Å². The van der Waals surface area contributed by atoms with Crippen molar-refractivity contribution in [3.8, 4) is 11.5 Å². The van der Waals surface area contributed by atoms with E-state index < -0.39 is 11.9 Å². The van der Waals surface area contributed by atoms with E-state index in [-0.39, 0.29) is 40.1 Å². The maximum Gasteiger partial charge on any atom is 0.340 e. The monoisotopic (exact) mass is 431 g/mol. The molecule has 3 rings (SSSR count). The molecule has 0 aliphatic heterocycles. The Kier molecular flexibility index (Phi) is 6.53. The Hall–Kier alpha value is -3.59. The average molecular weight is 432 g/mol. The first-order valence-corrected chi connectivity index (χ1v) is 9.09. The molecule has 0 radical (unpaired) electrons. The number of rotatable bonds is 7. The van der Waals surface area contributed by atoms with E-state index in [0.717, 1.165) is 0 Å². The van der Waals surface area contributed by atoms with Gasteiger partial charge in [-0.3, -0.25) is 4.79 Å². The van der Waals surface area contributed by atoms with Crippen molar-refractivity contribution in [3.05, 3.63) is 64.3 Å². The van der Waals surface area contributed by atoms with Gasteiger partial charge in [-0.05, 0) is 19.1 Å². The van der Waals surface area contributed by atoms with Gasteiger partial charge in [0, 0.05) is 12.1 Å². The van der Waals surface area contributed by atoms with Gasteiger partial charge in [-0.25, -0.2) is 4.79 Å². The molecule has 0 unspecified atom stereocenters. The molecule has 0 aliphatic carbocycles. The van der Waals surface area contributed by atoms with Crippen molar-refractivity contribution in [2.75, 3.05) is 19.5 Å². The molecule has 10 heteroatoms. The summed E-state index contributed by atoms with van der Waals surface area (Å²) >= 11 is 6.09. The van der Waals surface area contributed by atoms with Crippen molar-refractivity contribution in [3.63, 3.8) is 0 Å². The number of hydrogen-bond acceptors (Lipinski definition) is 8. The van der Waals surface area contributed by atoms with Crippen molar-refractivity contribution in [2.45, 2.75) is 13.5 Å². The first kappa shape index (κ1) is 21.1. The minimum atomic E-state index is -0.735. The summed E-state index contributed by atoms with van der Waals surface area (Å²) in [6.07, 6.45) is 0. The highest BCUT2D eigenvalue weighted by Crippen LogP contribution is 2.34. The molecular weight excluding hydrogens is 414 g/mol. The molecule has 9 nitrogen and oxygen atoms in total. The Morgan fingerprint density at radius 1 is 1.10 bits per heavy atom. The highest BCUT2D eigenvalue weighted by atomic mass is 35.5. The van der Waals surface area contributed by atoms with Crippen LogP contribution in [0.25, 0.3) is 0 Å². The molecule has 1 amide bonds. The molecule has 0 spiro atoms. The van der Waals surface area contributed by atoms with E-state index in [9.17, 15) is 9.59 Å². The minimum absolute atomic E-state index is 0.0456. The van der Waals surface area contributed by atoms with Gasteiger partial charge in [-0.2, -0.15) is 4.98 Å². The summed E-state index contributed by atoms with van der Waals surface area (Å²) in [5.41, 5.74) is 0.447. The number of halogens is 1. The fourth-order valence-electron chi connectivity index (χ4n) is 2.59. The highest BCUT2D eigenvalue weighted by Gasteiger charge is 2.21. The lowest BCUT2D eigenvalue weighted by atomic mass is 10.1. The number of aryl methyl sites for hydroxylation is 1. The van der Waals surface area contributed by atoms with Gasteiger partial charge < -0.3 is 24.1 Å². The molecule has 0 bridgehead atoms. The maximum atomic E-state index is 12.7. The summed E-state index contributed by atoms with van der Waals surface area (Å²) in [6, 6.07) is 9.40. The zero-order chi connectivity index (χ0) is 21.7. The standard InChI is InChI=1S/C20H18ClN3O6/c1-11-22-18(30-24-11)10-29-20(26)13-8-16(27-2)17(28-3)9-15(13)23-19(25)12-6-4-5-7-14(12)21/h4-9H,10H2,1-3H3,(H,23,25). The lowest BCUT2D eigenvalue weighted by Gasteiger charge is -2.15. The highest BCUT2D eigenvalue weighted by molar-refractivity contribution is 6.34. The summed E-state index contributed by atoms with van der Waals surface area (Å²) in [5, 5.41) is 6.57. The van der Waals surface area contributed by atoms with Crippen LogP contribution in [0.1, 0.15) is 32.4 Å². The Bertz CT molecular complexity index is 1080. The number of anilines is 1. The molecule has 0 aliphatic rings. The Morgan fingerprint density at radius 2 is 1.80 bits per heavy atom. The van der Waals surface area contributed by atoms with E-state index >= 15 is 0 Å². The Balaban J connectivity index is 1.91. The fraction of sp³-hybridized carbons (Fsp3) is 0.200. The maximum absolute atomic E-state index is 12.7. The van der Waals surface area contributed by atoms with Crippen LogP contribution in [0, 0.1) is 6.92 Å². The predicted molar refractivity (Wildman–Crippen MR) is 107 cm³/mol. The molecule has 30 heavy (non-hydrogen) atoms. The van der Waals surface area contributed by atoms with Crippen molar-refractivity contribution in [2.24, 2.45) is 0 Å². The summed E-state index contributed by atoms with van der Waals surface area (Å²) in [6.45, 7) is 1.41. The number of carbonyl (C=O) groups is 2. The van der Waals surface area contributed by atoms with Crippen LogP contribution in [0.5, 0.6) is 11.5 Å². The zero-order valence-electron chi connectivity index (χ0n) is 16.4. The largest absolute Gasteiger partial charge is 0.493 e. The van der Waals surface area contributed by atoms with Gasteiger partial charge in [-0.15, -0.1) is 0 Å². The quantitative estimate of drug-likeness (QED) is 0.564. The number of nitrogens with zero attached hydrogens (tertiary/aromatic N) is 2. The van der Waals surface area contributed by atoms with Gasteiger partial charge in [0.1, 0.15) is 0 Å². The summed E-state index contributed by atoms with van der Waals surface area (Å²) in [4.78, 5) is 29.4. The van der Waals surface area contributed by atoms with Crippen LogP contribution in [0.15, 0.2) is 40.9 Å². The molecule has 1 heterocycles. The number of benzene rings is 2. The fourth-order valence-corrected chi connectivity index (χ4v) is 2.81. The summed E-state index contributed by atoms with van der Waals surface area (Å²) in [7, 11) is 2.86. The third kappa shape index (κ3) is 4.69. The van der Waals surface area contributed by atoms with Crippen LogP contribution in [-0.4, -0.2) is 36.2 Å². The molecule has 2 aromatic carbocycles. The van der Waals surface area contributed by atoms with Crippen molar-refractivity contribution in [1.29, 1.82) is 0 Å². The second kappa shape index (κ2) is 9.27. The Labute approximate surface area is 176 Å². The first-order valence-electron chi connectivity index (χ1n) is 8.71. The van der Waals surface area contributed by atoms with Crippen LogP contribution in [0.4, 0.5) is 5.69 Å². The van der Waals surface area contributed by atoms with Crippen molar-refractivity contribution < 1.29 is 28.3 Å². The number of hydrogen-bond donors (Lipinski definition) is 1. The number of esters is 1. The lowest BCUT2D eigenvalue weighted by Crippen LogP contribution is -2.17. The van der Waals surface area contributed by atoms with E-state index in [1.54, 1.807) is 31.2 Å². The third-order valence-corrected chi connectivity index (χ3v) is 4.34. The number of nitrogens with one attached hydrogen (secondary N) is 1. The molecule has 0 saturated heterocycles. The van der Waals surface area contributed by atoms with Crippen LogP contribution < -0.4 is 14.8 Å². The van der Waals surface area contributed by atoms with Crippen LogP contribution >= 0.6 is 11.6 Å². The molecule has 1 aromatic heterocycles. The Morgan fingerprint density at radius 3 is 2.43 bits per heavy atom. The zero-order valence-corrected chi connectivity index (χ0v) is 17.1. The van der Waals surface area contributed by atoms with Gasteiger partial charge in [0.2, 0.25) is 0 Å². The normalized spacial score (nSPS) is 10.4. The molecule has 0 fully saturated rings. The number of carbonyl (C=O) groups excluding carboxylic acids is 2. The number of ether oxygens (including phenoxy) is 3. The van der Waals surface area contributed by atoms with Gasteiger partial charge >= 0.3 is 5.97 Å². The molecular formula is C20H18ClN3O6. The second-order valence-corrected chi connectivity index (χ2v) is 6.41. The third-order valence-electron chi connectivity index (χ3n) is 4.01. The summed E-state index contributed by atoms with van der Waals surface area (Å²) < 4.78 is 20.7. The summed E-state index contributed by atoms with van der Waals surface area (Å²) in [5.74, 6) is -0.0802. The van der Waals surface area contributed by atoms with E-state index in [2.05, 4.69) is 15.5 Å². The van der Waals surface area contributed by atoms with E-state index in [0.29, 0.717) is 11.6 Å². The second-order valence-electron chi connectivity index (χ2n) is 6.00. The van der Waals surface area contributed by atoms with Crippen molar-refractivity contribution >= 4 is 29.2 Å². The SMILES string of the molecule is COc1cc(NC(=O)c2ccccc2Cl)c(C(=O)OCc2nc(C)no2)cc1OC. The molecule has 3 aromatic rings. The van der Waals surface area contributed by atoms with Gasteiger partial charge in [-0.1, -0.05) is 28.9 Å². The smallest absolute Gasteiger partial charge is 0.340 e. The van der Waals surface area contributed by atoms with Gasteiger partial charge in [0.25, 0.3) is 11.8 Å². The van der Waals surface area contributed by atoms with E-state index in [4.69, 9.17) is 30.3 Å². The van der Waals surface area contributed by atoms with E-state index in [1.807, 2.05) is 0 Å². The van der Waals surface area contributed by atoms with Crippen LogP contribution in [0.2, 0.25) is 5.02 Å². The molecule has 0 atom stereocenters. The minimum Gasteiger partial charge on any atom is -0.493 e. The topological polar surface area (TPSA) is 113 Å². The van der Waals surface area contributed by atoms with Crippen LogP contribution in [0.3, 0.4) is 0 Å².